The Labute approximate surface area is 149 Å². The lowest BCUT2D eigenvalue weighted by Gasteiger charge is -2.34. The number of methoxy groups -OCH3 is 1. The molecule has 0 aliphatic carbocycles. The molecule has 2 aromatic rings. The number of rotatable bonds is 3. The summed E-state index contributed by atoms with van der Waals surface area (Å²) in [5.74, 6) is 1.99. The molecule has 4 nitrogen and oxygen atoms in total. The predicted molar refractivity (Wildman–Crippen MR) is 101 cm³/mol. The van der Waals surface area contributed by atoms with Crippen molar-refractivity contribution in [1.82, 2.24) is 5.32 Å². The number of benzene rings is 2. The number of para-hydroxylation sites is 1. The van der Waals surface area contributed by atoms with Gasteiger partial charge in [0.2, 0.25) is 0 Å². The van der Waals surface area contributed by atoms with Crippen molar-refractivity contribution in [2.24, 2.45) is 0 Å². The number of ether oxygens (including phenoxy) is 2. The molecule has 0 saturated carbocycles. The maximum Gasteiger partial charge on any atom is 0.143 e. The van der Waals surface area contributed by atoms with Gasteiger partial charge in [0.15, 0.2) is 0 Å². The summed E-state index contributed by atoms with van der Waals surface area (Å²) >= 11 is 0. The lowest BCUT2D eigenvalue weighted by Crippen LogP contribution is -2.33. The summed E-state index contributed by atoms with van der Waals surface area (Å²) in [7, 11) is 1.74. The quantitative estimate of drug-likeness (QED) is 0.932. The molecule has 0 unspecified atom stereocenters. The maximum atomic E-state index is 6.04. The molecule has 0 saturated heterocycles. The third-order valence-electron chi connectivity index (χ3n) is 5.35. The van der Waals surface area contributed by atoms with Gasteiger partial charge in [0.05, 0.1) is 19.3 Å². The second-order valence-electron chi connectivity index (χ2n) is 6.82. The molecule has 0 amide bonds. The van der Waals surface area contributed by atoms with Gasteiger partial charge < -0.3 is 19.7 Å². The van der Waals surface area contributed by atoms with Gasteiger partial charge in [0, 0.05) is 12.1 Å². The Bertz CT molecular complexity index is 773. The van der Waals surface area contributed by atoms with Crippen molar-refractivity contribution in [3.05, 3.63) is 52.6 Å². The molecule has 2 aliphatic heterocycles. The largest absolute Gasteiger partial charge is 0.496 e. The summed E-state index contributed by atoms with van der Waals surface area (Å²) in [6.45, 7) is 6.85. The van der Waals surface area contributed by atoms with Gasteiger partial charge >= 0.3 is 0 Å². The molecule has 132 valence electrons. The van der Waals surface area contributed by atoms with Crippen molar-refractivity contribution < 1.29 is 9.47 Å². The van der Waals surface area contributed by atoms with E-state index in [0.29, 0.717) is 0 Å². The molecular weight excluding hydrogens is 312 g/mol. The highest BCUT2D eigenvalue weighted by Crippen LogP contribution is 2.40. The van der Waals surface area contributed by atoms with Crippen molar-refractivity contribution in [2.75, 3.05) is 38.3 Å². The van der Waals surface area contributed by atoms with Crippen LogP contribution in [-0.2, 0) is 19.4 Å². The molecule has 0 aromatic heterocycles. The Hall–Kier alpha value is -2.20. The topological polar surface area (TPSA) is 33.7 Å². The van der Waals surface area contributed by atoms with E-state index in [1.807, 2.05) is 12.1 Å². The van der Waals surface area contributed by atoms with Crippen LogP contribution >= 0.6 is 0 Å². The van der Waals surface area contributed by atoms with Crippen LogP contribution in [0.3, 0.4) is 0 Å². The van der Waals surface area contributed by atoms with Crippen LogP contribution in [-0.4, -0.2) is 33.4 Å². The molecule has 4 rings (SSSR count). The molecule has 0 radical (unpaired) electrons. The summed E-state index contributed by atoms with van der Waals surface area (Å²) in [5.41, 5.74) is 6.80. The summed E-state index contributed by atoms with van der Waals surface area (Å²) in [4.78, 5) is 2.45. The molecular formula is C21H26N2O2. The zero-order chi connectivity index (χ0) is 17.2. The summed E-state index contributed by atoms with van der Waals surface area (Å²) in [6.07, 6.45) is 2.18. The first-order chi connectivity index (χ1) is 12.3. The van der Waals surface area contributed by atoms with Crippen LogP contribution in [0.1, 0.15) is 22.3 Å². The normalized spacial score (nSPS) is 16.5. The smallest absolute Gasteiger partial charge is 0.143 e. The maximum absolute atomic E-state index is 6.04. The molecule has 1 N–H and O–H groups in total. The number of nitrogens with zero attached hydrogens (tertiary/aromatic N) is 1. The highest BCUT2D eigenvalue weighted by Gasteiger charge is 2.25. The van der Waals surface area contributed by atoms with Gasteiger partial charge in [0.1, 0.15) is 18.1 Å². The monoisotopic (exact) mass is 338 g/mol. The minimum absolute atomic E-state index is 0.735. The van der Waals surface area contributed by atoms with Crippen LogP contribution in [0.15, 0.2) is 30.3 Å². The predicted octanol–water partition coefficient (Wildman–Crippen LogP) is 3.09. The van der Waals surface area contributed by atoms with Crippen molar-refractivity contribution in [3.63, 3.8) is 0 Å². The average molecular weight is 338 g/mol. The van der Waals surface area contributed by atoms with Gasteiger partial charge in [-0.25, -0.2) is 0 Å². The Morgan fingerprint density at radius 1 is 1.20 bits per heavy atom. The SMILES string of the molecule is COc1ccccc1CN1CCOc2cc3c(c(C)c21)CCNCC3. The molecule has 0 bridgehead atoms. The van der Waals surface area contributed by atoms with Crippen molar-refractivity contribution >= 4 is 5.69 Å². The molecule has 2 aliphatic rings. The Morgan fingerprint density at radius 3 is 2.92 bits per heavy atom. The highest BCUT2D eigenvalue weighted by molar-refractivity contribution is 5.69. The van der Waals surface area contributed by atoms with Crippen molar-refractivity contribution in [1.29, 1.82) is 0 Å². The van der Waals surface area contributed by atoms with Gasteiger partial charge in [0.25, 0.3) is 0 Å². The Balaban J connectivity index is 1.73. The number of anilines is 1. The molecule has 0 spiro atoms. The molecule has 25 heavy (non-hydrogen) atoms. The minimum Gasteiger partial charge on any atom is -0.496 e. The summed E-state index contributed by atoms with van der Waals surface area (Å²) in [5, 5.41) is 3.51. The Morgan fingerprint density at radius 2 is 2.04 bits per heavy atom. The fourth-order valence-corrected chi connectivity index (χ4v) is 4.09. The first-order valence-corrected chi connectivity index (χ1v) is 9.13. The second-order valence-corrected chi connectivity index (χ2v) is 6.82. The second kappa shape index (κ2) is 6.96. The van der Waals surface area contributed by atoms with Gasteiger partial charge in [-0.1, -0.05) is 18.2 Å². The van der Waals surface area contributed by atoms with Crippen LogP contribution in [0.5, 0.6) is 11.5 Å². The third-order valence-corrected chi connectivity index (χ3v) is 5.35. The fraction of sp³-hybridized carbons (Fsp3) is 0.429. The first kappa shape index (κ1) is 16.3. The van der Waals surface area contributed by atoms with E-state index in [4.69, 9.17) is 9.47 Å². The fourth-order valence-electron chi connectivity index (χ4n) is 4.09. The van der Waals surface area contributed by atoms with Crippen LogP contribution in [0.25, 0.3) is 0 Å². The third kappa shape index (κ3) is 3.07. The number of fused-ring (bicyclic) bond motifs is 2. The highest BCUT2D eigenvalue weighted by atomic mass is 16.5. The summed E-state index contributed by atoms with van der Waals surface area (Å²) < 4.78 is 11.6. The van der Waals surface area contributed by atoms with E-state index in [1.54, 1.807) is 7.11 Å². The van der Waals surface area contributed by atoms with E-state index >= 15 is 0 Å². The zero-order valence-electron chi connectivity index (χ0n) is 15.1. The van der Waals surface area contributed by atoms with Crippen LogP contribution in [0.4, 0.5) is 5.69 Å². The van der Waals surface area contributed by atoms with Crippen molar-refractivity contribution in [2.45, 2.75) is 26.3 Å². The van der Waals surface area contributed by atoms with E-state index < -0.39 is 0 Å². The lowest BCUT2D eigenvalue weighted by molar-refractivity contribution is 0.305. The average Bonchev–Trinajstić information content (AvgIpc) is 2.88. The number of nitrogens with one attached hydrogen (secondary N) is 1. The van der Waals surface area contributed by atoms with Crippen molar-refractivity contribution in [3.8, 4) is 11.5 Å². The van der Waals surface area contributed by atoms with Crippen LogP contribution in [0, 0.1) is 6.92 Å². The van der Waals surface area contributed by atoms with E-state index in [1.165, 1.54) is 27.9 Å². The standard InChI is InChI=1S/C21H26N2O2/c1-15-18-8-10-22-9-7-16(18)13-20-21(15)23(11-12-25-20)14-17-5-3-4-6-19(17)24-2/h3-6,13,22H,7-12,14H2,1-2H3. The van der Waals surface area contributed by atoms with Crippen LogP contribution < -0.4 is 19.7 Å². The Kier molecular flexibility index (Phi) is 4.53. The number of hydrogen-bond donors (Lipinski definition) is 1. The molecule has 4 heteroatoms. The molecule has 2 aromatic carbocycles. The van der Waals surface area contributed by atoms with E-state index in [-0.39, 0.29) is 0 Å². The lowest BCUT2D eigenvalue weighted by atomic mass is 9.94. The van der Waals surface area contributed by atoms with Gasteiger partial charge in [-0.2, -0.15) is 0 Å². The molecule has 0 atom stereocenters. The van der Waals surface area contributed by atoms with E-state index in [0.717, 1.165) is 57.1 Å². The number of hydrogen-bond acceptors (Lipinski definition) is 4. The van der Waals surface area contributed by atoms with Gasteiger partial charge in [-0.05, 0) is 61.7 Å². The van der Waals surface area contributed by atoms with Gasteiger partial charge in [-0.15, -0.1) is 0 Å². The van der Waals surface area contributed by atoms with Crippen LogP contribution in [0.2, 0.25) is 0 Å². The summed E-state index contributed by atoms with van der Waals surface area (Å²) in [6, 6.07) is 10.6. The van der Waals surface area contributed by atoms with E-state index in [9.17, 15) is 0 Å². The van der Waals surface area contributed by atoms with Gasteiger partial charge in [-0.3, -0.25) is 0 Å². The zero-order valence-corrected chi connectivity index (χ0v) is 15.1. The molecule has 0 fully saturated rings. The molecule has 2 heterocycles. The first-order valence-electron chi connectivity index (χ1n) is 9.13. The van der Waals surface area contributed by atoms with E-state index in [2.05, 4.69) is 35.3 Å². The minimum atomic E-state index is 0.735.